The lowest BCUT2D eigenvalue weighted by molar-refractivity contribution is 0.416. The molecular formula is C11H16Cl2N2O. The zero-order valence-corrected chi connectivity index (χ0v) is 11.0. The summed E-state index contributed by atoms with van der Waals surface area (Å²) in [6.45, 7) is 4.69. The van der Waals surface area contributed by atoms with Crippen LogP contribution in [-0.2, 0) is 0 Å². The molecule has 90 valence electrons. The van der Waals surface area contributed by atoms with Crippen molar-refractivity contribution in [3.63, 3.8) is 0 Å². The van der Waals surface area contributed by atoms with E-state index in [1.807, 2.05) is 0 Å². The van der Waals surface area contributed by atoms with E-state index in [4.69, 9.17) is 27.9 Å². The van der Waals surface area contributed by atoms with Crippen molar-refractivity contribution in [1.29, 1.82) is 0 Å². The molecule has 0 aliphatic rings. The van der Waals surface area contributed by atoms with Crippen LogP contribution in [0.4, 0.5) is 5.69 Å². The standard InChI is InChI=1S/C11H16Cl2N2O/c1-3-14-4-5-15-10-7-8(12)6-9(13)11(10)16-2/h6-7,14-15H,3-5H2,1-2H3. The number of anilines is 1. The van der Waals surface area contributed by atoms with Crippen molar-refractivity contribution < 1.29 is 4.74 Å². The monoisotopic (exact) mass is 262 g/mol. The normalized spacial score (nSPS) is 10.2. The minimum Gasteiger partial charge on any atom is -0.493 e. The topological polar surface area (TPSA) is 33.3 Å². The van der Waals surface area contributed by atoms with Gasteiger partial charge in [-0.1, -0.05) is 30.1 Å². The van der Waals surface area contributed by atoms with Gasteiger partial charge in [0, 0.05) is 18.1 Å². The molecule has 0 saturated carbocycles. The van der Waals surface area contributed by atoms with Gasteiger partial charge in [-0.25, -0.2) is 0 Å². The Kier molecular flexibility index (Phi) is 5.74. The minimum atomic E-state index is 0.515. The van der Waals surface area contributed by atoms with Crippen LogP contribution in [0.2, 0.25) is 10.0 Å². The number of hydrogen-bond donors (Lipinski definition) is 2. The van der Waals surface area contributed by atoms with Gasteiger partial charge in [0.25, 0.3) is 0 Å². The molecule has 1 rings (SSSR count). The van der Waals surface area contributed by atoms with Crippen molar-refractivity contribution >= 4 is 28.9 Å². The van der Waals surface area contributed by atoms with Crippen LogP contribution in [0.1, 0.15) is 6.92 Å². The number of nitrogens with one attached hydrogen (secondary N) is 2. The molecule has 0 aromatic heterocycles. The summed E-state index contributed by atoms with van der Waals surface area (Å²) < 4.78 is 5.21. The molecule has 0 bridgehead atoms. The summed E-state index contributed by atoms with van der Waals surface area (Å²) in [5.41, 5.74) is 0.818. The zero-order chi connectivity index (χ0) is 12.0. The zero-order valence-electron chi connectivity index (χ0n) is 9.44. The highest BCUT2D eigenvalue weighted by atomic mass is 35.5. The lowest BCUT2D eigenvalue weighted by Crippen LogP contribution is -2.21. The molecule has 0 heterocycles. The molecule has 16 heavy (non-hydrogen) atoms. The van der Waals surface area contributed by atoms with Gasteiger partial charge in [0.15, 0.2) is 5.75 Å². The number of ether oxygens (including phenoxy) is 1. The quantitative estimate of drug-likeness (QED) is 0.774. The Bertz CT molecular complexity index is 345. The number of rotatable bonds is 6. The number of halogens is 2. The lowest BCUT2D eigenvalue weighted by Gasteiger charge is -2.13. The van der Waals surface area contributed by atoms with E-state index in [2.05, 4.69) is 17.6 Å². The average molecular weight is 263 g/mol. The third-order valence-electron chi connectivity index (χ3n) is 2.08. The smallest absolute Gasteiger partial charge is 0.160 e. The molecule has 2 N–H and O–H groups in total. The first-order chi connectivity index (χ1) is 7.69. The minimum absolute atomic E-state index is 0.515. The van der Waals surface area contributed by atoms with Crippen molar-refractivity contribution in [3.05, 3.63) is 22.2 Å². The van der Waals surface area contributed by atoms with Crippen LogP contribution < -0.4 is 15.4 Å². The fourth-order valence-electron chi connectivity index (χ4n) is 1.36. The van der Waals surface area contributed by atoms with Gasteiger partial charge in [0.2, 0.25) is 0 Å². The second-order valence-electron chi connectivity index (χ2n) is 3.25. The van der Waals surface area contributed by atoms with Crippen LogP contribution >= 0.6 is 23.2 Å². The summed E-state index contributed by atoms with van der Waals surface area (Å²) in [6, 6.07) is 3.47. The van der Waals surface area contributed by atoms with Gasteiger partial charge < -0.3 is 15.4 Å². The first kappa shape index (κ1) is 13.4. The van der Waals surface area contributed by atoms with E-state index in [9.17, 15) is 0 Å². The SMILES string of the molecule is CCNCCNc1cc(Cl)cc(Cl)c1OC. The molecule has 1 aromatic carbocycles. The molecule has 0 spiro atoms. The molecule has 5 heteroatoms. The van der Waals surface area contributed by atoms with Crippen LogP contribution in [0.5, 0.6) is 5.75 Å². The van der Waals surface area contributed by atoms with Crippen LogP contribution in [0.25, 0.3) is 0 Å². The molecule has 0 radical (unpaired) electrons. The molecule has 0 aliphatic heterocycles. The Morgan fingerprint density at radius 3 is 2.62 bits per heavy atom. The second kappa shape index (κ2) is 6.84. The van der Waals surface area contributed by atoms with Crippen molar-refractivity contribution in [2.24, 2.45) is 0 Å². The van der Waals surface area contributed by atoms with Crippen LogP contribution in [0, 0.1) is 0 Å². The third-order valence-corrected chi connectivity index (χ3v) is 2.58. The van der Waals surface area contributed by atoms with Gasteiger partial charge >= 0.3 is 0 Å². The summed E-state index contributed by atoms with van der Waals surface area (Å²) in [5.74, 6) is 0.627. The van der Waals surface area contributed by atoms with E-state index in [1.54, 1.807) is 19.2 Å². The molecular weight excluding hydrogens is 247 g/mol. The Hall–Kier alpha value is -0.640. The van der Waals surface area contributed by atoms with Gasteiger partial charge in [-0.05, 0) is 18.7 Å². The summed E-state index contributed by atoms with van der Waals surface area (Å²) in [4.78, 5) is 0. The number of likely N-dealkylation sites (N-methyl/N-ethyl adjacent to an activating group) is 1. The van der Waals surface area contributed by atoms with Crippen LogP contribution in [-0.4, -0.2) is 26.7 Å². The molecule has 0 fully saturated rings. The predicted molar refractivity (Wildman–Crippen MR) is 70.0 cm³/mol. The van der Waals surface area contributed by atoms with Gasteiger partial charge in [-0.2, -0.15) is 0 Å². The average Bonchev–Trinajstić information content (AvgIpc) is 2.24. The predicted octanol–water partition coefficient (Wildman–Crippen LogP) is 3.02. The van der Waals surface area contributed by atoms with E-state index < -0.39 is 0 Å². The van der Waals surface area contributed by atoms with Gasteiger partial charge in [-0.3, -0.25) is 0 Å². The van der Waals surface area contributed by atoms with E-state index in [0.29, 0.717) is 15.8 Å². The first-order valence-electron chi connectivity index (χ1n) is 5.16. The third kappa shape index (κ3) is 3.74. The van der Waals surface area contributed by atoms with E-state index in [0.717, 1.165) is 25.3 Å². The van der Waals surface area contributed by atoms with E-state index in [-0.39, 0.29) is 0 Å². The summed E-state index contributed by atoms with van der Waals surface area (Å²) in [5, 5.41) is 7.55. The fourth-order valence-corrected chi connectivity index (χ4v) is 1.93. The highest BCUT2D eigenvalue weighted by Crippen LogP contribution is 2.35. The Morgan fingerprint density at radius 1 is 1.25 bits per heavy atom. The van der Waals surface area contributed by atoms with Crippen molar-refractivity contribution in [3.8, 4) is 5.75 Å². The maximum atomic E-state index is 6.01. The maximum absolute atomic E-state index is 6.01. The number of hydrogen-bond acceptors (Lipinski definition) is 3. The molecule has 0 saturated heterocycles. The van der Waals surface area contributed by atoms with Crippen LogP contribution in [0.3, 0.4) is 0 Å². The highest BCUT2D eigenvalue weighted by Gasteiger charge is 2.08. The molecule has 0 aliphatic carbocycles. The number of benzene rings is 1. The van der Waals surface area contributed by atoms with Crippen LogP contribution in [0.15, 0.2) is 12.1 Å². The molecule has 3 nitrogen and oxygen atoms in total. The summed E-state index contributed by atoms with van der Waals surface area (Å²) >= 11 is 11.9. The Labute approximate surface area is 106 Å². The van der Waals surface area contributed by atoms with Gasteiger partial charge in [0.1, 0.15) is 0 Å². The van der Waals surface area contributed by atoms with Crippen molar-refractivity contribution in [2.75, 3.05) is 32.1 Å². The molecule has 0 amide bonds. The highest BCUT2D eigenvalue weighted by molar-refractivity contribution is 6.36. The van der Waals surface area contributed by atoms with Crippen molar-refractivity contribution in [1.82, 2.24) is 5.32 Å². The molecule has 1 aromatic rings. The van der Waals surface area contributed by atoms with Gasteiger partial charge in [-0.15, -0.1) is 0 Å². The summed E-state index contributed by atoms with van der Waals surface area (Å²) in [6.07, 6.45) is 0. The molecule has 0 unspecified atom stereocenters. The lowest BCUT2D eigenvalue weighted by atomic mass is 10.3. The first-order valence-corrected chi connectivity index (χ1v) is 5.92. The summed E-state index contributed by atoms with van der Waals surface area (Å²) in [7, 11) is 1.59. The van der Waals surface area contributed by atoms with E-state index >= 15 is 0 Å². The van der Waals surface area contributed by atoms with E-state index in [1.165, 1.54) is 0 Å². The largest absolute Gasteiger partial charge is 0.493 e. The number of methoxy groups -OCH3 is 1. The Balaban J connectivity index is 2.69. The maximum Gasteiger partial charge on any atom is 0.160 e. The second-order valence-corrected chi connectivity index (χ2v) is 4.09. The fraction of sp³-hybridized carbons (Fsp3) is 0.455. The van der Waals surface area contributed by atoms with Crippen molar-refractivity contribution in [2.45, 2.75) is 6.92 Å². The molecule has 0 atom stereocenters. The Morgan fingerprint density at radius 2 is 2.00 bits per heavy atom. The van der Waals surface area contributed by atoms with Gasteiger partial charge in [0.05, 0.1) is 17.8 Å².